The monoisotopic (exact) mass is 207 g/mol. The van der Waals surface area contributed by atoms with Crippen molar-refractivity contribution in [2.45, 2.75) is 13.3 Å². The highest BCUT2D eigenvalue weighted by atomic mass is 16.5. The van der Waals surface area contributed by atoms with Crippen LogP contribution in [0.5, 0.6) is 5.75 Å². The quantitative estimate of drug-likeness (QED) is 0.339. The molecule has 0 aliphatic carbocycles. The molecule has 1 aromatic carbocycles. The molecule has 1 rings (SSSR count). The van der Waals surface area contributed by atoms with Gasteiger partial charge in [0.15, 0.2) is 0 Å². The second kappa shape index (κ2) is 6.03. The Morgan fingerprint density at radius 1 is 1.53 bits per heavy atom. The van der Waals surface area contributed by atoms with E-state index in [-0.39, 0.29) is 0 Å². The summed E-state index contributed by atoms with van der Waals surface area (Å²) in [6.07, 6.45) is 0.994. The van der Waals surface area contributed by atoms with Crippen molar-refractivity contribution >= 4 is 5.84 Å². The molecule has 0 atom stereocenters. The number of ether oxygens (including phenoxy) is 1. The summed E-state index contributed by atoms with van der Waals surface area (Å²) in [5.74, 6) is 6.83. The molecule has 0 saturated carbocycles. The van der Waals surface area contributed by atoms with Gasteiger partial charge in [-0.1, -0.05) is 19.1 Å². The molecule has 0 aromatic heterocycles. The van der Waals surface area contributed by atoms with E-state index in [9.17, 15) is 0 Å². The summed E-state index contributed by atoms with van der Waals surface area (Å²) < 4.78 is 5.51. The zero-order valence-electron chi connectivity index (χ0n) is 9.16. The average molecular weight is 207 g/mol. The number of nitrogens with two attached hydrogens (primary N) is 1. The van der Waals surface area contributed by atoms with Crippen LogP contribution in [0, 0.1) is 0 Å². The van der Waals surface area contributed by atoms with Crippen LogP contribution < -0.4 is 16.0 Å². The van der Waals surface area contributed by atoms with Crippen molar-refractivity contribution in [3.05, 3.63) is 29.8 Å². The zero-order valence-corrected chi connectivity index (χ0v) is 9.16. The number of aliphatic imine (C=N–C) groups is 1. The van der Waals surface area contributed by atoms with E-state index in [2.05, 4.69) is 17.3 Å². The number of hydrogen-bond acceptors (Lipinski definition) is 3. The number of nitrogens with zero attached hydrogens (tertiary/aromatic N) is 1. The molecular weight excluding hydrogens is 190 g/mol. The molecule has 0 radical (unpaired) electrons. The highest BCUT2D eigenvalue weighted by molar-refractivity contribution is 5.98. The van der Waals surface area contributed by atoms with Crippen molar-refractivity contribution in [3.8, 4) is 5.75 Å². The van der Waals surface area contributed by atoms with Gasteiger partial charge in [0.05, 0.1) is 6.61 Å². The second-order valence-corrected chi connectivity index (χ2v) is 3.09. The zero-order chi connectivity index (χ0) is 11.1. The first-order valence-electron chi connectivity index (χ1n) is 4.98. The van der Waals surface area contributed by atoms with Crippen molar-refractivity contribution < 1.29 is 4.74 Å². The highest BCUT2D eigenvalue weighted by Gasteiger charge is 2.01. The van der Waals surface area contributed by atoms with Crippen molar-refractivity contribution in [3.63, 3.8) is 0 Å². The SMILES string of the molecule is CCCOc1cccc(C(=NC)NN)c1. The van der Waals surface area contributed by atoms with Gasteiger partial charge in [-0.15, -0.1) is 0 Å². The number of nitrogens with one attached hydrogen (secondary N) is 1. The molecule has 82 valence electrons. The van der Waals surface area contributed by atoms with E-state index in [1.165, 1.54) is 0 Å². The molecule has 0 unspecified atom stereocenters. The average Bonchev–Trinajstić information content (AvgIpc) is 2.29. The van der Waals surface area contributed by atoms with Crippen LogP contribution in [0.1, 0.15) is 18.9 Å². The summed E-state index contributed by atoms with van der Waals surface area (Å²) in [5, 5.41) is 0. The summed E-state index contributed by atoms with van der Waals surface area (Å²) >= 11 is 0. The van der Waals surface area contributed by atoms with E-state index in [1.807, 2.05) is 24.3 Å². The van der Waals surface area contributed by atoms with Crippen molar-refractivity contribution in [1.82, 2.24) is 5.43 Å². The Bertz CT molecular complexity index is 336. The third-order valence-electron chi connectivity index (χ3n) is 1.94. The molecule has 0 heterocycles. The lowest BCUT2D eigenvalue weighted by Gasteiger charge is -2.08. The Kier molecular flexibility index (Phi) is 4.63. The normalized spacial score (nSPS) is 11.3. The van der Waals surface area contributed by atoms with Crippen molar-refractivity contribution in [2.75, 3.05) is 13.7 Å². The lowest BCUT2D eigenvalue weighted by molar-refractivity contribution is 0.317. The van der Waals surface area contributed by atoms with Crippen LogP contribution in [0.3, 0.4) is 0 Å². The third kappa shape index (κ3) is 3.25. The molecule has 3 N–H and O–H groups in total. The first kappa shape index (κ1) is 11.5. The molecule has 1 aromatic rings. The van der Waals surface area contributed by atoms with Gasteiger partial charge in [-0.3, -0.25) is 4.99 Å². The first-order chi connectivity index (χ1) is 7.31. The lowest BCUT2D eigenvalue weighted by Crippen LogP contribution is -2.30. The number of hydrogen-bond donors (Lipinski definition) is 2. The minimum atomic E-state index is 0.650. The van der Waals surface area contributed by atoms with E-state index in [0.717, 1.165) is 24.3 Å². The second-order valence-electron chi connectivity index (χ2n) is 3.09. The van der Waals surface area contributed by atoms with E-state index in [4.69, 9.17) is 10.6 Å². The number of hydrazine groups is 1. The van der Waals surface area contributed by atoms with Crippen LogP contribution in [0.15, 0.2) is 29.3 Å². The van der Waals surface area contributed by atoms with Crippen molar-refractivity contribution in [1.29, 1.82) is 0 Å². The molecule has 0 amide bonds. The van der Waals surface area contributed by atoms with Gasteiger partial charge in [-0.25, -0.2) is 5.84 Å². The van der Waals surface area contributed by atoms with Crippen LogP contribution in [0.2, 0.25) is 0 Å². The van der Waals surface area contributed by atoms with Crippen LogP contribution in [-0.2, 0) is 0 Å². The van der Waals surface area contributed by atoms with Crippen LogP contribution in [-0.4, -0.2) is 19.5 Å². The van der Waals surface area contributed by atoms with Gasteiger partial charge >= 0.3 is 0 Å². The standard InChI is InChI=1S/C11H17N3O/c1-3-7-15-10-6-4-5-9(8-10)11(13-2)14-12/h4-6,8H,3,7,12H2,1-2H3,(H,13,14). The molecule has 4 nitrogen and oxygen atoms in total. The van der Waals surface area contributed by atoms with Gasteiger partial charge in [0.2, 0.25) is 0 Å². The molecule has 0 bridgehead atoms. The summed E-state index contributed by atoms with van der Waals surface area (Å²) in [6.45, 7) is 2.79. The van der Waals surface area contributed by atoms with Crippen LogP contribution in [0.4, 0.5) is 0 Å². The maximum Gasteiger partial charge on any atom is 0.142 e. The maximum absolute atomic E-state index is 5.51. The topological polar surface area (TPSA) is 59.6 Å². The van der Waals surface area contributed by atoms with Gasteiger partial charge in [0.1, 0.15) is 11.6 Å². The van der Waals surface area contributed by atoms with E-state index < -0.39 is 0 Å². The van der Waals surface area contributed by atoms with Gasteiger partial charge in [-0.05, 0) is 18.6 Å². The molecule has 0 fully saturated rings. The van der Waals surface area contributed by atoms with E-state index in [1.54, 1.807) is 7.05 Å². The highest BCUT2D eigenvalue weighted by Crippen LogP contribution is 2.13. The van der Waals surface area contributed by atoms with E-state index in [0.29, 0.717) is 5.84 Å². The van der Waals surface area contributed by atoms with Gasteiger partial charge in [0.25, 0.3) is 0 Å². The fourth-order valence-electron chi connectivity index (χ4n) is 1.23. The third-order valence-corrected chi connectivity index (χ3v) is 1.94. The molecule has 0 aliphatic rings. The Labute approximate surface area is 90.1 Å². The summed E-state index contributed by atoms with van der Waals surface area (Å²) in [5.41, 5.74) is 3.47. The minimum absolute atomic E-state index is 0.650. The van der Waals surface area contributed by atoms with Crippen LogP contribution >= 0.6 is 0 Å². The molecule has 4 heteroatoms. The molecule has 0 spiro atoms. The van der Waals surface area contributed by atoms with Crippen LogP contribution in [0.25, 0.3) is 0 Å². The molecule has 0 saturated heterocycles. The number of benzene rings is 1. The lowest BCUT2D eigenvalue weighted by atomic mass is 10.2. The summed E-state index contributed by atoms with van der Waals surface area (Å²) in [6, 6.07) is 7.69. The Balaban J connectivity index is 2.82. The molecule has 0 aliphatic heterocycles. The Morgan fingerprint density at radius 2 is 2.33 bits per heavy atom. The van der Waals surface area contributed by atoms with Gasteiger partial charge < -0.3 is 10.2 Å². The predicted molar refractivity (Wildman–Crippen MR) is 62.0 cm³/mol. The largest absolute Gasteiger partial charge is 0.494 e. The number of rotatable bonds is 4. The first-order valence-corrected chi connectivity index (χ1v) is 4.98. The van der Waals surface area contributed by atoms with Crippen molar-refractivity contribution in [2.24, 2.45) is 10.8 Å². The smallest absolute Gasteiger partial charge is 0.142 e. The molecule has 15 heavy (non-hydrogen) atoms. The summed E-state index contributed by atoms with van der Waals surface area (Å²) in [4.78, 5) is 4.02. The Hall–Kier alpha value is -1.55. The molecular formula is C11H17N3O. The summed E-state index contributed by atoms with van der Waals surface area (Å²) in [7, 11) is 1.69. The minimum Gasteiger partial charge on any atom is -0.494 e. The maximum atomic E-state index is 5.51. The fourth-order valence-corrected chi connectivity index (χ4v) is 1.23. The number of amidine groups is 1. The van der Waals surface area contributed by atoms with E-state index >= 15 is 0 Å². The van der Waals surface area contributed by atoms with Gasteiger partial charge in [-0.2, -0.15) is 0 Å². The predicted octanol–water partition coefficient (Wildman–Crippen LogP) is 1.32. The van der Waals surface area contributed by atoms with Gasteiger partial charge in [0, 0.05) is 12.6 Å². The fraction of sp³-hybridized carbons (Fsp3) is 0.364. The Morgan fingerprint density at radius 3 is 2.93 bits per heavy atom.